The second-order valence-corrected chi connectivity index (χ2v) is 10.1. The molecule has 0 radical (unpaired) electrons. The van der Waals surface area contributed by atoms with Crippen LogP contribution in [0.3, 0.4) is 0 Å². The van der Waals surface area contributed by atoms with E-state index < -0.39 is 30.6 Å². The van der Waals surface area contributed by atoms with Crippen LogP contribution < -0.4 is 15.8 Å². The van der Waals surface area contributed by atoms with Crippen LogP contribution in [-0.4, -0.2) is 35.1 Å². The highest BCUT2D eigenvalue weighted by Crippen LogP contribution is 2.29. The monoisotopic (exact) mass is 431 g/mol. The van der Waals surface area contributed by atoms with E-state index in [0.29, 0.717) is 5.69 Å². The summed E-state index contributed by atoms with van der Waals surface area (Å²) in [5.74, 6) is 0. The molecule has 0 amide bonds. The molecule has 0 aromatic heterocycles. The molecule has 0 saturated carbocycles. The van der Waals surface area contributed by atoms with Gasteiger partial charge in [0.2, 0.25) is 10.0 Å². The number of nitrogens with two attached hydrogens (primary N) is 1. The zero-order valence-corrected chi connectivity index (χ0v) is 16.9. The van der Waals surface area contributed by atoms with Crippen LogP contribution in [0, 0.1) is 5.41 Å². The molecule has 2 aromatic rings. The molecule has 0 aliphatic heterocycles. The average Bonchev–Trinajstić information content (AvgIpc) is 2.60. The minimum atomic E-state index is -4.97. The largest absolute Gasteiger partial charge is 0.399 e. The molecular weight excluding hydrogens is 409 g/mol. The lowest BCUT2D eigenvalue weighted by molar-refractivity contribution is 0.163. The van der Waals surface area contributed by atoms with Gasteiger partial charge in [0, 0.05) is 29.9 Å². The smallest absolute Gasteiger partial charge is 0.334 e. The number of anilines is 3. The Bertz CT molecular complexity index is 1050. The SMILES string of the molecule is CC(C)(CO)CNS(=O)(=O)c1ccc(Nc2cc(N)ccc2S(=O)(=O)F)cc1. The number of hydrogen-bond acceptors (Lipinski definition) is 7. The lowest BCUT2D eigenvalue weighted by atomic mass is 9.96. The first-order chi connectivity index (χ1) is 12.8. The summed E-state index contributed by atoms with van der Waals surface area (Å²) in [6.07, 6.45) is 0. The third-order valence-electron chi connectivity index (χ3n) is 3.88. The number of nitrogens with one attached hydrogen (secondary N) is 2. The summed E-state index contributed by atoms with van der Waals surface area (Å²) >= 11 is 0. The Morgan fingerprint density at radius 3 is 2.21 bits per heavy atom. The summed E-state index contributed by atoms with van der Waals surface area (Å²) < 4.78 is 63.1. The van der Waals surface area contributed by atoms with E-state index in [1.165, 1.54) is 36.4 Å². The fourth-order valence-electron chi connectivity index (χ4n) is 2.16. The van der Waals surface area contributed by atoms with Crippen LogP contribution in [-0.2, 0) is 20.2 Å². The van der Waals surface area contributed by atoms with Crippen molar-refractivity contribution in [1.82, 2.24) is 4.72 Å². The maximum Gasteiger partial charge on any atom is 0.334 e. The fraction of sp³-hybridized carbons (Fsp3) is 0.294. The van der Waals surface area contributed by atoms with Crippen molar-refractivity contribution >= 4 is 37.3 Å². The third kappa shape index (κ3) is 5.64. The van der Waals surface area contributed by atoms with Crippen molar-refractivity contribution < 1.29 is 25.8 Å². The second-order valence-electron chi connectivity index (χ2n) is 6.99. The molecule has 0 bridgehead atoms. The van der Waals surface area contributed by atoms with E-state index in [4.69, 9.17) is 5.73 Å². The molecule has 8 nitrogen and oxygen atoms in total. The summed E-state index contributed by atoms with van der Waals surface area (Å²) in [4.78, 5) is -0.594. The van der Waals surface area contributed by atoms with E-state index in [9.17, 15) is 25.8 Å². The van der Waals surface area contributed by atoms with Gasteiger partial charge in [0.05, 0.1) is 10.6 Å². The normalized spacial score (nSPS) is 12.7. The standard InChI is InChI=1S/C17H22FN3O5S2/c1-17(2,11-22)10-20-28(25,26)14-6-4-13(5-7-14)21-15-9-12(19)3-8-16(15)27(18,23)24/h3-9,20-22H,10-11,19H2,1-2H3. The quantitative estimate of drug-likeness (QED) is 0.370. The molecule has 0 aliphatic carbocycles. The number of aliphatic hydroxyl groups is 1. The van der Waals surface area contributed by atoms with Crippen molar-refractivity contribution in [1.29, 1.82) is 0 Å². The van der Waals surface area contributed by atoms with Crippen molar-refractivity contribution in [2.75, 3.05) is 24.2 Å². The van der Waals surface area contributed by atoms with Crippen molar-refractivity contribution in [3.63, 3.8) is 0 Å². The van der Waals surface area contributed by atoms with Crippen LogP contribution in [0.4, 0.5) is 20.9 Å². The van der Waals surface area contributed by atoms with E-state index >= 15 is 0 Å². The summed E-state index contributed by atoms with van der Waals surface area (Å²) in [6.45, 7) is 3.29. The lowest BCUT2D eigenvalue weighted by Gasteiger charge is -2.21. The van der Waals surface area contributed by atoms with Gasteiger partial charge < -0.3 is 16.2 Å². The van der Waals surface area contributed by atoms with Crippen LogP contribution in [0.5, 0.6) is 0 Å². The van der Waals surface area contributed by atoms with Crippen LogP contribution in [0.1, 0.15) is 13.8 Å². The average molecular weight is 432 g/mol. The Morgan fingerprint density at radius 2 is 1.68 bits per heavy atom. The van der Waals surface area contributed by atoms with Crippen LogP contribution >= 0.6 is 0 Å². The first kappa shape index (κ1) is 22.1. The molecule has 2 aromatic carbocycles. The molecule has 2 rings (SSSR count). The Morgan fingerprint density at radius 1 is 1.07 bits per heavy atom. The summed E-state index contributed by atoms with van der Waals surface area (Å²) in [5.41, 5.74) is 5.50. The van der Waals surface area contributed by atoms with Crippen molar-refractivity contribution in [3.8, 4) is 0 Å². The van der Waals surface area contributed by atoms with E-state index in [1.54, 1.807) is 13.8 Å². The van der Waals surface area contributed by atoms with Crippen molar-refractivity contribution in [3.05, 3.63) is 42.5 Å². The highest BCUT2D eigenvalue weighted by molar-refractivity contribution is 7.89. The third-order valence-corrected chi connectivity index (χ3v) is 6.18. The predicted octanol–water partition coefficient (Wildman–Crippen LogP) is 1.97. The van der Waals surface area contributed by atoms with Gasteiger partial charge in [-0.05, 0) is 42.5 Å². The van der Waals surface area contributed by atoms with Gasteiger partial charge in [0.1, 0.15) is 4.90 Å². The number of sulfonamides is 1. The molecule has 0 saturated heterocycles. The lowest BCUT2D eigenvalue weighted by Crippen LogP contribution is -2.36. The maximum absolute atomic E-state index is 13.4. The number of benzene rings is 2. The van der Waals surface area contributed by atoms with Crippen LogP contribution in [0.2, 0.25) is 0 Å². The molecule has 11 heteroatoms. The van der Waals surface area contributed by atoms with Gasteiger partial charge in [-0.3, -0.25) is 0 Å². The van der Waals surface area contributed by atoms with Crippen molar-refractivity contribution in [2.24, 2.45) is 5.41 Å². The molecule has 0 heterocycles. The Hall–Kier alpha value is -2.21. The zero-order valence-electron chi connectivity index (χ0n) is 15.3. The minimum Gasteiger partial charge on any atom is -0.399 e. The first-order valence-corrected chi connectivity index (χ1v) is 11.0. The molecule has 28 heavy (non-hydrogen) atoms. The highest BCUT2D eigenvalue weighted by Gasteiger charge is 2.22. The zero-order chi connectivity index (χ0) is 21.2. The molecular formula is C17H22FN3O5S2. The van der Waals surface area contributed by atoms with Gasteiger partial charge in [-0.2, -0.15) is 8.42 Å². The van der Waals surface area contributed by atoms with Crippen molar-refractivity contribution in [2.45, 2.75) is 23.6 Å². The van der Waals surface area contributed by atoms with Crippen LogP contribution in [0.25, 0.3) is 0 Å². The fourth-order valence-corrected chi connectivity index (χ4v) is 4.01. The maximum atomic E-state index is 13.4. The number of nitrogen functional groups attached to an aromatic ring is 1. The highest BCUT2D eigenvalue weighted by atomic mass is 32.3. The minimum absolute atomic E-state index is 0.0160. The Kier molecular flexibility index (Phi) is 6.34. The number of rotatable bonds is 8. The number of halogens is 1. The molecule has 0 atom stereocenters. The van der Waals surface area contributed by atoms with Crippen LogP contribution in [0.15, 0.2) is 52.3 Å². The van der Waals surface area contributed by atoms with Gasteiger partial charge in [0.25, 0.3) is 0 Å². The van der Waals surface area contributed by atoms with E-state index in [-0.39, 0.29) is 29.4 Å². The summed E-state index contributed by atoms with van der Waals surface area (Å²) in [7, 11) is -8.77. The Labute approximate surface area is 163 Å². The van der Waals surface area contributed by atoms with E-state index in [1.807, 2.05) is 0 Å². The van der Waals surface area contributed by atoms with Gasteiger partial charge in [-0.15, -0.1) is 3.89 Å². The summed E-state index contributed by atoms with van der Waals surface area (Å²) in [5, 5.41) is 11.9. The molecule has 0 spiro atoms. The predicted molar refractivity (Wildman–Crippen MR) is 105 cm³/mol. The van der Waals surface area contributed by atoms with Gasteiger partial charge in [0.15, 0.2) is 0 Å². The van der Waals surface area contributed by atoms with E-state index in [0.717, 1.165) is 6.07 Å². The van der Waals surface area contributed by atoms with Gasteiger partial charge in [-0.25, -0.2) is 13.1 Å². The molecule has 0 unspecified atom stereocenters. The number of aliphatic hydroxyl groups excluding tert-OH is 1. The molecule has 154 valence electrons. The second kappa shape index (κ2) is 8.03. The summed E-state index contributed by atoms with van der Waals surface area (Å²) in [6, 6.07) is 8.99. The number of hydrogen-bond donors (Lipinski definition) is 4. The van der Waals surface area contributed by atoms with Gasteiger partial charge in [-0.1, -0.05) is 13.8 Å². The Balaban J connectivity index is 2.23. The molecule has 0 fully saturated rings. The first-order valence-electron chi connectivity index (χ1n) is 8.16. The molecule has 5 N–H and O–H groups in total. The van der Waals surface area contributed by atoms with Gasteiger partial charge >= 0.3 is 10.2 Å². The van der Waals surface area contributed by atoms with E-state index in [2.05, 4.69) is 10.0 Å². The topological polar surface area (TPSA) is 139 Å². The molecule has 0 aliphatic rings.